The number of amides is 1. The van der Waals surface area contributed by atoms with Crippen molar-refractivity contribution in [3.8, 4) is 11.5 Å². The van der Waals surface area contributed by atoms with Crippen LogP contribution in [0.15, 0.2) is 47.4 Å². The minimum atomic E-state index is -0.781. The van der Waals surface area contributed by atoms with Crippen molar-refractivity contribution in [2.75, 3.05) is 46.6 Å². The number of hydrogen-bond acceptors (Lipinski definition) is 7. The highest BCUT2D eigenvalue weighted by Gasteiger charge is 2.30. The highest BCUT2D eigenvalue weighted by atomic mass is 16.6. The Balaban J connectivity index is 1.34. The summed E-state index contributed by atoms with van der Waals surface area (Å²) in [6.45, 7) is 3.94. The van der Waals surface area contributed by atoms with Gasteiger partial charge in [-0.3, -0.25) is 4.79 Å². The van der Waals surface area contributed by atoms with Crippen molar-refractivity contribution in [2.45, 2.75) is 44.2 Å². The van der Waals surface area contributed by atoms with E-state index in [0.29, 0.717) is 44.1 Å². The van der Waals surface area contributed by atoms with Crippen molar-refractivity contribution in [1.82, 2.24) is 10.2 Å². The zero-order valence-corrected chi connectivity index (χ0v) is 19.3. The van der Waals surface area contributed by atoms with Crippen LogP contribution < -0.4 is 14.8 Å². The van der Waals surface area contributed by atoms with E-state index in [2.05, 4.69) is 10.2 Å². The number of carbonyl (C=O) groups excluding carboxylic acids is 1. The fourth-order valence-corrected chi connectivity index (χ4v) is 4.46. The molecule has 2 N–H and O–H groups in total. The Morgan fingerprint density at radius 3 is 2.61 bits per heavy atom. The van der Waals surface area contributed by atoms with Crippen molar-refractivity contribution < 1.29 is 28.8 Å². The van der Waals surface area contributed by atoms with E-state index in [0.717, 1.165) is 43.0 Å². The van der Waals surface area contributed by atoms with Gasteiger partial charge >= 0.3 is 0 Å². The second kappa shape index (κ2) is 11.4. The smallest absolute Gasteiger partial charge is 0.223 e. The van der Waals surface area contributed by atoms with E-state index in [-0.39, 0.29) is 18.9 Å². The molecule has 1 amide bonds. The van der Waals surface area contributed by atoms with Crippen LogP contribution in [-0.4, -0.2) is 74.6 Å². The Kier molecular flexibility index (Phi) is 8.12. The molecule has 8 nitrogen and oxygen atoms in total. The highest BCUT2D eigenvalue weighted by molar-refractivity contribution is 5.76. The summed E-state index contributed by atoms with van der Waals surface area (Å²) < 4.78 is 22.2. The van der Waals surface area contributed by atoms with Crippen LogP contribution in [0.1, 0.15) is 32.1 Å². The van der Waals surface area contributed by atoms with Gasteiger partial charge in [0.05, 0.1) is 32.3 Å². The number of methoxy groups -OCH3 is 1. The molecule has 0 saturated carbocycles. The van der Waals surface area contributed by atoms with Gasteiger partial charge in [-0.05, 0) is 68.3 Å². The quantitative estimate of drug-likeness (QED) is 0.556. The number of nitrogens with zero attached hydrogens (tertiary/aromatic N) is 1. The molecule has 180 valence electrons. The summed E-state index contributed by atoms with van der Waals surface area (Å²) in [6, 6.07) is 6.86. The first-order valence-corrected chi connectivity index (χ1v) is 11.8. The van der Waals surface area contributed by atoms with Crippen LogP contribution in [-0.2, 0) is 14.3 Å². The van der Waals surface area contributed by atoms with Crippen molar-refractivity contribution in [3.05, 3.63) is 47.4 Å². The van der Waals surface area contributed by atoms with Crippen molar-refractivity contribution in [3.63, 3.8) is 0 Å². The van der Waals surface area contributed by atoms with E-state index in [1.54, 1.807) is 7.11 Å². The average Bonchev–Trinajstić information content (AvgIpc) is 3.36. The number of ether oxygens (including phenoxy) is 4. The minimum absolute atomic E-state index is 0.139. The number of aliphatic hydroxyl groups excluding tert-OH is 1. The van der Waals surface area contributed by atoms with Gasteiger partial charge in [0, 0.05) is 13.0 Å². The molecule has 0 spiro atoms. The average molecular weight is 459 g/mol. The molecule has 8 heteroatoms. The molecule has 0 radical (unpaired) electrons. The summed E-state index contributed by atoms with van der Waals surface area (Å²) >= 11 is 0. The number of hydrogen-bond donors (Lipinski definition) is 2. The Morgan fingerprint density at radius 1 is 1.12 bits per heavy atom. The number of benzene rings is 1. The maximum Gasteiger partial charge on any atom is 0.223 e. The molecule has 1 aromatic carbocycles. The van der Waals surface area contributed by atoms with E-state index in [9.17, 15) is 9.90 Å². The maximum absolute atomic E-state index is 12.7. The molecule has 2 heterocycles. The van der Waals surface area contributed by atoms with Crippen molar-refractivity contribution in [1.29, 1.82) is 0 Å². The third-order valence-corrected chi connectivity index (χ3v) is 6.27. The van der Waals surface area contributed by atoms with Gasteiger partial charge in [-0.15, -0.1) is 0 Å². The van der Waals surface area contributed by atoms with E-state index in [4.69, 9.17) is 18.9 Å². The molecule has 1 aliphatic carbocycles. The van der Waals surface area contributed by atoms with Gasteiger partial charge in [0.2, 0.25) is 5.91 Å². The van der Waals surface area contributed by atoms with Gasteiger partial charge in [0.15, 0.2) is 5.76 Å². The standard InChI is InChI=1S/C25H34N2O6/c1-30-19-5-7-20(8-6-19)31-13-10-24(28)26-21(17-27-11-2-3-12-27)25(29)18-4-9-22-23(16-18)33-15-14-32-22/h5-8,16,21,25,29H,2-4,9-15,17H2,1H3,(H,26,28)/t21-,25+/m1/s1. The summed E-state index contributed by atoms with van der Waals surface area (Å²) in [7, 11) is 1.61. The van der Waals surface area contributed by atoms with Crippen LogP contribution in [0.25, 0.3) is 0 Å². The van der Waals surface area contributed by atoms with Crippen LogP contribution in [0.2, 0.25) is 0 Å². The molecule has 0 bridgehead atoms. The van der Waals surface area contributed by atoms with Crippen molar-refractivity contribution in [2.24, 2.45) is 0 Å². The van der Waals surface area contributed by atoms with Gasteiger partial charge in [0.25, 0.3) is 0 Å². The molecule has 1 fully saturated rings. The third kappa shape index (κ3) is 6.42. The first-order chi connectivity index (χ1) is 16.1. The van der Waals surface area contributed by atoms with Gasteiger partial charge in [-0.2, -0.15) is 0 Å². The van der Waals surface area contributed by atoms with Gasteiger partial charge < -0.3 is 34.3 Å². The van der Waals surface area contributed by atoms with Crippen LogP contribution in [0.4, 0.5) is 0 Å². The molecule has 2 atom stereocenters. The summed E-state index contributed by atoms with van der Waals surface area (Å²) in [5.41, 5.74) is 0.873. The van der Waals surface area contributed by atoms with Crippen LogP contribution >= 0.6 is 0 Å². The Bertz CT molecular complexity index is 860. The summed E-state index contributed by atoms with van der Waals surface area (Å²) in [5, 5.41) is 14.3. The fraction of sp³-hybridized carbons (Fsp3) is 0.560. The largest absolute Gasteiger partial charge is 0.497 e. The lowest BCUT2D eigenvalue weighted by Crippen LogP contribution is -2.51. The molecule has 2 aliphatic heterocycles. The zero-order chi connectivity index (χ0) is 23.0. The number of allylic oxidation sites excluding steroid dienone is 2. The van der Waals surface area contributed by atoms with Gasteiger partial charge in [0.1, 0.15) is 30.5 Å². The summed E-state index contributed by atoms with van der Waals surface area (Å²) in [6.07, 6.45) is 5.01. The first-order valence-electron chi connectivity index (χ1n) is 11.8. The lowest BCUT2D eigenvalue weighted by atomic mass is 9.92. The molecular formula is C25H34N2O6. The number of nitrogens with one attached hydrogen (secondary N) is 1. The van der Waals surface area contributed by atoms with Gasteiger partial charge in [-0.25, -0.2) is 0 Å². The van der Waals surface area contributed by atoms with Crippen LogP contribution in [0, 0.1) is 0 Å². The number of aliphatic hydroxyl groups is 1. The summed E-state index contributed by atoms with van der Waals surface area (Å²) in [5.74, 6) is 2.86. The van der Waals surface area contributed by atoms with E-state index in [1.165, 1.54) is 0 Å². The number of likely N-dealkylation sites (tertiary alicyclic amines) is 1. The maximum atomic E-state index is 12.7. The second-order valence-corrected chi connectivity index (χ2v) is 8.60. The fourth-order valence-electron chi connectivity index (χ4n) is 4.46. The molecule has 4 rings (SSSR count). The zero-order valence-electron chi connectivity index (χ0n) is 19.3. The van der Waals surface area contributed by atoms with Crippen LogP contribution in [0.5, 0.6) is 11.5 Å². The Hall–Kier alpha value is -2.71. The number of rotatable bonds is 10. The normalized spacial score (nSPS) is 20.1. The van der Waals surface area contributed by atoms with Crippen molar-refractivity contribution >= 4 is 5.91 Å². The predicted molar refractivity (Wildman–Crippen MR) is 123 cm³/mol. The second-order valence-electron chi connectivity index (χ2n) is 8.60. The van der Waals surface area contributed by atoms with Gasteiger partial charge in [-0.1, -0.05) is 0 Å². The molecule has 0 unspecified atom stereocenters. The predicted octanol–water partition coefficient (Wildman–Crippen LogP) is 2.38. The minimum Gasteiger partial charge on any atom is -0.497 e. The first kappa shape index (κ1) is 23.4. The van der Waals surface area contributed by atoms with Crippen LogP contribution in [0.3, 0.4) is 0 Å². The van der Waals surface area contributed by atoms with E-state index in [1.807, 2.05) is 30.3 Å². The SMILES string of the molecule is COc1ccc(OCCC(=O)N[C@H](CN2CCCC2)[C@@H](O)C2=CC3=C(CC2)OCCO3)cc1. The third-order valence-electron chi connectivity index (χ3n) is 6.27. The van der Waals surface area contributed by atoms with E-state index < -0.39 is 12.1 Å². The summed E-state index contributed by atoms with van der Waals surface area (Å²) in [4.78, 5) is 15.0. The highest BCUT2D eigenvalue weighted by Crippen LogP contribution is 2.30. The molecule has 3 aliphatic rings. The monoisotopic (exact) mass is 458 g/mol. The lowest BCUT2D eigenvalue weighted by Gasteiger charge is -2.32. The molecule has 1 saturated heterocycles. The molecule has 1 aromatic rings. The lowest BCUT2D eigenvalue weighted by molar-refractivity contribution is -0.123. The molecule has 33 heavy (non-hydrogen) atoms. The van der Waals surface area contributed by atoms with E-state index >= 15 is 0 Å². The Morgan fingerprint density at radius 2 is 1.85 bits per heavy atom. The Labute approximate surface area is 195 Å². The molecule has 0 aromatic heterocycles. The topological polar surface area (TPSA) is 89.5 Å². The molecular weight excluding hydrogens is 424 g/mol. The number of carbonyl (C=O) groups is 1.